The van der Waals surface area contributed by atoms with Crippen molar-refractivity contribution in [1.29, 1.82) is 0 Å². The van der Waals surface area contributed by atoms with E-state index in [1.807, 2.05) is 19.9 Å². The van der Waals surface area contributed by atoms with Gasteiger partial charge in [-0.25, -0.2) is 9.97 Å². The lowest BCUT2D eigenvalue weighted by Crippen LogP contribution is -2.48. The first-order valence-corrected chi connectivity index (χ1v) is 9.05. The van der Waals surface area contributed by atoms with Gasteiger partial charge in [-0.05, 0) is 24.1 Å². The molecule has 9 heteroatoms. The highest BCUT2D eigenvalue weighted by Crippen LogP contribution is 2.23. The van der Waals surface area contributed by atoms with E-state index in [9.17, 15) is 9.59 Å². The topological polar surface area (TPSA) is 136 Å². The average Bonchev–Trinajstić information content (AvgIpc) is 3.22. The standard InChI is InChI=1S/C20H22N6O3/c1-11(2)17(19(28)22-3)26-18(27)16-7-6-15(29-16)14-5-4-12(8-23-14)13-9-24-20(21)25-10-13/h4-11,17H,1-3H3,(H,22,28)(H,26,27)(H2,21,24,25). The lowest BCUT2D eigenvalue weighted by atomic mass is 10.0. The Bertz CT molecular complexity index is 996. The SMILES string of the molecule is CNC(=O)C(NC(=O)c1ccc(-c2ccc(-c3cnc(N)nc3)cn2)o1)C(C)C. The number of amides is 2. The van der Waals surface area contributed by atoms with E-state index in [4.69, 9.17) is 10.2 Å². The highest BCUT2D eigenvalue weighted by atomic mass is 16.4. The van der Waals surface area contributed by atoms with Gasteiger partial charge in [0, 0.05) is 36.8 Å². The third kappa shape index (κ3) is 4.57. The number of pyridine rings is 1. The number of hydrogen-bond donors (Lipinski definition) is 3. The molecule has 29 heavy (non-hydrogen) atoms. The molecule has 0 bridgehead atoms. The molecule has 0 saturated heterocycles. The van der Waals surface area contributed by atoms with Gasteiger partial charge in [0.05, 0.1) is 0 Å². The zero-order chi connectivity index (χ0) is 21.0. The summed E-state index contributed by atoms with van der Waals surface area (Å²) in [5.41, 5.74) is 7.67. The second kappa shape index (κ2) is 8.51. The molecule has 0 aliphatic heterocycles. The van der Waals surface area contributed by atoms with Gasteiger partial charge in [-0.1, -0.05) is 19.9 Å². The number of nitrogens with zero attached hydrogens (tertiary/aromatic N) is 3. The van der Waals surface area contributed by atoms with Crippen LogP contribution in [-0.2, 0) is 4.79 Å². The lowest BCUT2D eigenvalue weighted by Gasteiger charge is -2.19. The van der Waals surface area contributed by atoms with Crippen LogP contribution in [-0.4, -0.2) is 39.9 Å². The lowest BCUT2D eigenvalue weighted by molar-refractivity contribution is -0.123. The van der Waals surface area contributed by atoms with Crippen LogP contribution in [0.4, 0.5) is 5.95 Å². The molecule has 0 aliphatic rings. The second-order valence-electron chi connectivity index (χ2n) is 6.74. The smallest absolute Gasteiger partial charge is 0.287 e. The molecule has 3 aromatic rings. The maximum atomic E-state index is 12.5. The minimum absolute atomic E-state index is 0.0696. The number of carbonyl (C=O) groups is 2. The van der Waals surface area contributed by atoms with Gasteiger partial charge in [-0.15, -0.1) is 0 Å². The maximum Gasteiger partial charge on any atom is 0.287 e. The van der Waals surface area contributed by atoms with E-state index in [0.29, 0.717) is 11.5 Å². The van der Waals surface area contributed by atoms with Gasteiger partial charge in [-0.3, -0.25) is 14.6 Å². The summed E-state index contributed by atoms with van der Waals surface area (Å²) in [6.07, 6.45) is 4.89. The number of nitrogens with one attached hydrogen (secondary N) is 2. The zero-order valence-corrected chi connectivity index (χ0v) is 16.3. The summed E-state index contributed by atoms with van der Waals surface area (Å²) in [6, 6.07) is 6.18. The molecular weight excluding hydrogens is 372 g/mol. The third-order valence-electron chi connectivity index (χ3n) is 4.33. The van der Waals surface area contributed by atoms with Gasteiger partial charge in [0.25, 0.3) is 5.91 Å². The second-order valence-corrected chi connectivity index (χ2v) is 6.74. The van der Waals surface area contributed by atoms with Gasteiger partial charge < -0.3 is 20.8 Å². The maximum absolute atomic E-state index is 12.5. The molecule has 1 unspecified atom stereocenters. The van der Waals surface area contributed by atoms with Crippen molar-refractivity contribution in [2.45, 2.75) is 19.9 Å². The van der Waals surface area contributed by atoms with Crippen LogP contribution in [0.15, 0.2) is 47.3 Å². The fraction of sp³-hybridized carbons (Fsp3) is 0.250. The molecule has 0 aliphatic carbocycles. The Morgan fingerprint density at radius 3 is 2.28 bits per heavy atom. The average molecular weight is 394 g/mol. The van der Waals surface area contributed by atoms with Crippen LogP contribution in [0.2, 0.25) is 0 Å². The molecule has 3 heterocycles. The molecular formula is C20H22N6O3. The van der Waals surface area contributed by atoms with Crippen LogP contribution < -0.4 is 16.4 Å². The quantitative estimate of drug-likeness (QED) is 0.581. The number of likely N-dealkylation sites (N-methyl/N-ethyl adjacent to an activating group) is 1. The largest absolute Gasteiger partial charge is 0.449 e. The summed E-state index contributed by atoms with van der Waals surface area (Å²) < 4.78 is 5.64. The summed E-state index contributed by atoms with van der Waals surface area (Å²) >= 11 is 0. The Morgan fingerprint density at radius 1 is 1.00 bits per heavy atom. The third-order valence-corrected chi connectivity index (χ3v) is 4.33. The molecule has 0 saturated carbocycles. The van der Waals surface area contributed by atoms with Crippen LogP contribution in [0.1, 0.15) is 24.4 Å². The molecule has 0 radical (unpaired) electrons. The van der Waals surface area contributed by atoms with Crippen LogP contribution in [0.25, 0.3) is 22.6 Å². The Hall–Kier alpha value is -3.75. The molecule has 2 amide bonds. The number of anilines is 1. The van der Waals surface area contributed by atoms with E-state index in [-0.39, 0.29) is 23.5 Å². The number of nitrogen functional groups attached to an aromatic ring is 1. The fourth-order valence-corrected chi connectivity index (χ4v) is 2.70. The first-order chi connectivity index (χ1) is 13.9. The molecule has 150 valence electrons. The van der Waals surface area contributed by atoms with Crippen molar-refractivity contribution in [1.82, 2.24) is 25.6 Å². The van der Waals surface area contributed by atoms with Crippen LogP contribution in [0.3, 0.4) is 0 Å². The number of hydrogen-bond acceptors (Lipinski definition) is 7. The molecule has 3 aromatic heterocycles. The van der Waals surface area contributed by atoms with E-state index in [2.05, 4.69) is 25.6 Å². The van der Waals surface area contributed by atoms with E-state index in [1.165, 1.54) is 7.05 Å². The van der Waals surface area contributed by atoms with E-state index >= 15 is 0 Å². The first kappa shape index (κ1) is 20.0. The van der Waals surface area contributed by atoms with Crippen molar-refractivity contribution in [2.24, 2.45) is 5.92 Å². The predicted octanol–water partition coefficient (Wildman–Crippen LogP) is 1.88. The molecule has 9 nitrogen and oxygen atoms in total. The van der Waals surface area contributed by atoms with Gasteiger partial charge in [0.2, 0.25) is 11.9 Å². The monoisotopic (exact) mass is 394 g/mol. The summed E-state index contributed by atoms with van der Waals surface area (Å²) in [6.45, 7) is 3.71. The van der Waals surface area contributed by atoms with Crippen molar-refractivity contribution in [2.75, 3.05) is 12.8 Å². The van der Waals surface area contributed by atoms with Gasteiger partial charge in [0.1, 0.15) is 11.7 Å². The van der Waals surface area contributed by atoms with Crippen molar-refractivity contribution in [3.8, 4) is 22.6 Å². The summed E-state index contributed by atoms with van der Waals surface area (Å²) in [7, 11) is 1.53. The Kier molecular flexibility index (Phi) is 5.87. The number of furan rings is 1. The molecule has 0 spiro atoms. The van der Waals surface area contributed by atoms with Crippen LogP contribution >= 0.6 is 0 Å². The number of nitrogens with two attached hydrogens (primary N) is 1. The molecule has 4 N–H and O–H groups in total. The predicted molar refractivity (Wildman–Crippen MR) is 108 cm³/mol. The highest BCUT2D eigenvalue weighted by molar-refractivity contribution is 5.96. The first-order valence-electron chi connectivity index (χ1n) is 9.05. The minimum Gasteiger partial charge on any atom is -0.449 e. The number of rotatable bonds is 6. The van der Waals surface area contributed by atoms with Crippen LogP contribution in [0.5, 0.6) is 0 Å². The number of carbonyl (C=O) groups excluding carboxylic acids is 2. The van der Waals surface area contributed by atoms with Gasteiger partial charge in [0.15, 0.2) is 11.5 Å². The van der Waals surface area contributed by atoms with E-state index < -0.39 is 11.9 Å². The molecule has 0 aromatic carbocycles. The Balaban J connectivity index is 1.74. The molecule has 1 atom stereocenters. The van der Waals surface area contributed by atoms with Gasteiger partial charge >= 0.3 is 0 Å². The molecule has 3 rings (SSSR count). The van der Waals surface area contributed by atoms with Crippen LogP contribution in [0, 0.1) is 5.92 Å². The van der Waals surface area contributed by atoms with E-state index in [1.54, 1.807) is 36.8 Å². The normalized spacial score (nSPS) is 11.9. The van der Waals surface area contributed by atoms with Crippen molar-refractivity contribution in [3.05, 3.63) is 48.6 Å². The highest BCUT2D eigenvalue weighted by Gasteiger charge is 2.25. The van der Waals surface area contributed by atoms with Gasteiger partial charge in [-0.2, -0.15) is 0 Å². The van der Waals surface area contributed by atoms with Crippen molar-refractivity contribution >= 4 is 17.8 Å². The van der Waals surface area contributed by atoms with Crippen molar-refractivity contribution in [3.63, 3.8) is 0 Å². The molecule has 0 fully saturated rings. The minimum atomic E-state index is -0.652. The Labute approximate surface area is 167 Å². The summed E-state index contributed by atoms with van der Waals surface area (Å²) in [5.74, 6) is -0.0439. The summed E-state index contributed by atoms with van der Waals surface area (Å²) in [4.78, 5) is 36.7. The van der Waals surface area contributed by atoms with E-state index in [0.717, 1.165) is 11.1 Å². The fourth-order valence-electron chi connectivity index (χ4n) is 2.70. The summed E-state index contributed by atoms with van der Waals surface area (Å²) in [5, 5.41) is 5.24. The van der Waals surface area contributed by atoms with Crippen molar-refractivity contribution < 1.29 is 14.0 Å². The zero-order valence-electron chi connectivity index (χ0n) is 16.3. The Morgan fingerprint density at radius 2 is 1.69 bits per heavy atom. The number of aromatic nitrogens is 3.